The molecule has 4 rings (SSSR count). The molecule has 0 saturated heterocycles. The van der Waals surface area contributed by atoms with E-state index in [4.69, 9.17) is 15.6 Å². The number of phenols is 1. The number of nitrogens with zero attached hydrogens (tertiary/aromatic N) is 4. The second kappa shape index (κ2) is 10.7. The number of aromatic hydroxyl groups is 1. The molecule has 3 aromatic carbocycles. The van der Waals surface area contributed by atoms with Crippen molar-refractivity contribution in [3.05, 3.63) is 97.1 Å². The quantitative estimate of drug-likeness (QED) is 0.209. The first-order valence-electron chi connectivity index (χ1n) is 10.3. The Morgan fingerprint density at radius 1 is 0.889 bits per heavy atom. The molecule has 0 saturated carbocycles. The minimum atomic E-state index is -1.21. The lowest BCUT2D eigenvalue weighted by Gasteiger charge is -2.06. The lowest BCUT2D eigenvalue weighted by Crippen LogP contribution is -1.97. The molecule has 4 aromatic rings. The standard InChI is InChI=1S/C17H16N2O.C6H3N3O7/c1-2-20-15-7-9-17-13(11-15)6-8-16(19-17)12-4-3-5-14(18)10-12;10-6-4(8(13)14)1-3(7(11)12)2-5(6)9(15)16/h3-11H,2,18H2,1H3;1-2,10H. The van der Waals surface area contributed by atoms with Crippen molar-refractivity contribution >= 4 is 33.7 Å². The monoisotopic (exact) mass is 493 g/mol. The highest BCUT2D eigenvalue weighted by atomic mass is 16.6. The van der Waals surface area contributed by atoms with E-state index in [1.54, 1.807) is 0 Å². The van der Waals surface area contributed by atoms with Crippen LogP contribution in [-0.4, -0.2) is 31.5 Å². The molecule has 36 heavy (non-hydrogen) atoms. The van der Waals surface area contributed by atoms with Crippen molar-refractivity contribution in [1.82, 2.24) is 4.98 Å². The van der Waals surface area contributed by atoms with E-state index in [0.717, 1.165) is 33.6 Å². The molecule has 0 aliphatic heterocycles. The molecular formula is C23H19N5O8. The molecule has 0 aliphatic rings. The fourth-order valence-electron chi connectivity index (χ4n) is 3.19. The summed E-state index contributed by atoms with van der Waals surface area (Å²) in [5.41, 5.74) is 6.47. The number of benzene rings is 3. The summed E-state index contributed by atoms with van der Waals surface area (Å²) in [6.45, 7) is 2.64. The Labute approximate surface area is 202 Å². The number of phenolic OH excluding ortho intramolecular Hbond substituents is 1. The van der Waals surface area contributed by atoms with Gasteiger partial charge in [0.1, 0.15) is 5.75 Å². The van der Waals surface area contributed by atoms with Crippen LogP contribution in [0.1, 0.15) is 6.92 Å². The largest absolute Gasteiger partial charge is 0.497 e. The Kier molecular flexibility index (Phi) is 7.54. The van der Waals surface area contributed by atoms with E-state index in [-0.39, 0.29) is 0 Å². The van der Waals surface area contributed by atoms with Gasteiger partial charge in [0, 0.05) is 16.6 Å². The van der Waals surface area contributed by atoms with Gasteiger partial charge in [0.25, 0.3) is 11.4 Å². The number of fused-ring (bicyclic) bond motifs is 1. The van der Waals surface area contributed by atoms with Crippen LogP contribution in [-0.2, 0) is 0 Å². The van der Waals surface area contributed by atoms with Crippen LogP contribution in [0.5, 0.6) is 11.5 Å². The summed E-state index contributed by atoms with van der Waals surface area (Å²) in [6.07, 6.45) is 0. The number of nitrogens with two attached hydrogens (primary N) is 1. The van der Waals surface area contributed by atoms with Crippen molar-refractivity contribution < 1.29 is 24.6 Å². The van der Waals surface area contributed by atoms with Crippen LogP contribution in [0, 0.1) is 30.3 Å². The van der Waals surface area contributed by atoms with Gasteiger partial charge in [-0.25, -0.2) is 4.98 Å². The summed E-state index contributed by atoms with van der Waals surface area (Å²) in [5.74, 6) is -0.334. The van der Waals surface area contributed by atoms with E-state index in [0.29, 0.717) is 18.7 Å². The van der Waals surface area contributed by atoms with E-state index in [9.17, 15) is 30.3 Å². The third-order valence-corrected chi connectivity index (χ3v) is 4.81. The van der Waals surface area contributed by atoms with Gasteiger partial charge < -0.3 is 15.6 Å². The summed E-state index contributed by atoms with van der Waals surface area (Å²) in [7, 11) is 0. The van der Waals surface area contributed by atoms with Crippen LogP contribution < -0.4 is 10.5 Å². The molecule has 0 amide bonds. The van der Waals surface area contributed by atoms with Crippen LogP contribution in [0.15, 0.2) is 66.7 Å². The van der Waals surface area contributed by atoms with Gasteiger partial charge in [-0.2, -0.15) is 0 Å². The molecule has 0 unspecified atom stereocenters. The second-order valence-electron chi connectivity index (χ2n) is 7.21. The summed E-state index contributed by atoms with van der Waals surface area (Å²) in [6, 6.07) is 18.7. The van der Waals surface area contributed by atoms with Gasteiger partial charge in [-0.1, -0.05) is 18.2 Å². The third kappa shape index (κ3) is 5.77. The van der Waals surface area contributed by atoms with E-state index in [2.05, 4.69) is 11.1 Å². The maximum atomic E-state index is 10.4. The summed E-state index contributed by atoms with van der Waals surface area (Å²) in [4.78, 5) is 32.4. The highest BCUT2D eigenvalue weighted by Gasteiger charge is 2.30. The summed E-state index contributed by atoms with van der Waals surface area (Å²) < 4.78 is 5.50. The van der Waals surface area contributed by atoms with Crippen molar-refractivity contribution in [2.75, 3.05) is 12.3 Å². The van der Waals surface area contributed by atoms with Crippen molar-refractivity contribution in [1.29, 1.82) is 0 Å². The van der Waals surface area contributed by atoms with Crippen LogP contribution in [0.2, 0.25) is 0 Å². The van der Waals surface area contributed by atoms with Gasteiger partial charge in [0.15, 0.2) is 0 Å². The molecule has 184 valence electrons. The molecule has 3 N–H and O–H groups in total. The topological polar surface area (TPSA) is 198 Å². The number of non-ortho nitro benzene ring substituents is 1. The van der Waals surface area contributed by atoms with Crippen molar-refractivity contribution in [2.24, 2.45) is 0 Å². The third-order valence-electron chi connectivity index (χ3n) is 4.81. The zero-order chi connectivity index (χ0) is 26.4. The van der Waals surface area contributed by atoms with Crippen molar-refractivity contribution in [3.63, 3.8) is 0 Å². The number of anilines is 1. The maximum absolute atomic E-state index is 10.4. The predicted molar refractivity (Wildman–Crippen MR) is 131 cm³/mol. The molecule has 0 fully saturated rings. The summed E-state index contributed by atoms with van der Waals surface area (Å²) in [5, 5.41) is 41.3. The Balaban J connectivity index is 0.000000207. The molecule has 1 aromatic heterocycles. The van der Waals surface area contributed by atoms with Crippen LogP contribution in [0.25, 0.3) is 22.2 Å². The summed E-state index contributed by atoms with van der Waals surface area (Å²) >= 11 is 0. The van der Waals surface area contributed by atoms with Crippen LogP contribution >= 0.6 is 0 Å². The molecule has 13 heteroatoms. The number of hydrogen-bond donors (Lipinski definition) is 2. The minimum absolute atomic E-state index is 0.447. The molecule has 1 heterocycles. The smallest absolute Gasteiger partial charge is 0.324 e. The van der Waals surface area contributed by atoms with E-state index >= 15 is 0 Å². The van der Waals surface area contributed by atoms with E-state index < -0.39 is 37.6 Å². The number of hydrogen-bond acceptors (Lipinski definition) is 10. The van der Waals surface area contributed by atoms with Crippen molar-refractivity contribution in [2.45, 2.75) is 6.92 Å². The van der Waals surface area contributed by atoms with Gasteiger partial charge in [-0.3, -0.25) is 30.3 Å². The van der Waals surface area contributed by atoms with Gasteiger partial charge in [0.05, 0.1) is 44.7 Å². The fourth-order valence-corrected chi connectivity index (χ4v) is 3.19. The molecule has 0 atom stereocenters. The Bertz CT molecular complexity index is 1440. The highest BCUT2D eigenvalue weighted by molar-refractivity contribution is 5.83. The molecule has 0 spiro atoms. The number of rotatable bonds is 6. The first-order chi connectivity index (χ1) is 17.1. The molecule has 13 nitrogen and oxygen atoms in total. The number of aromatic nitrogens is 1. The zero-order valence-corrected chi connectivity index (χ0v) is 18.7. The second-order valence-corrected chi connectivity index (χ2v) is 7.21. The van der Waals surface area contributed by atoms with Gasteiger partial charge in [0.2, 0.25) is 0 Å². The SMILES string of the molecule is CCOc1ccc2nc(-c3cccc(N)c3)ccc2c1.O=[N+]([O-])c1cc([N+](=O)[O-])c(O)c([N+](=O)[O-])c1. The zero-order valence-electron chi connectivity index (χ0n) is 18.7. The van der Waals surface area contributed by atoms with E-state index in [1.165, 1.54) is 0 Å². The first-order valence-corrected chi connectivity index (χ1v) is 10.3. The van der Waals surface area contributed by atoms with E-state index in [1.807, 2.05) is 55.5 Å². The predicted octanol–water partition coefficient (Wildman–Crippen LogP) is 5.00. The fraction of sp³-hybridized carbons (Fsp3) is 0.0870. The minimum Gasteiger partial charge on any atom is -0.497 e. The molecule has 0 aliphatic carbocycles. The maximum Gasteiger partial charge on any atom is 0.324 e. The molecule has 0 radical (unpaired) electrons. The van der Waals surface area contributed by atoms with Gasteiger partial charge in [-0.15, -0.1) is 0 Å². The van der Waals surface area contributed by atoms with Crippen LogP contribution in [0.3, 0.4) is 0 Å². The first kappa shape index (κ1) is 25.3. The Morgan fingerprint density at radius 2 is 1.56 bits per heavy atom. The number of nitrogen functional groups attached to an aromatic ring is 1. The lowest BCUT2D eigenvalue weighted by atomic mass is 10.1. The highest BCUT2D eigenvalue weighted by Crippen LogP contribution is 2.39. The number of nitro groups is 3. The number of ether oxygens (including phenoxy) is 1. The van der Waals surface area contributed by atoms with Gasteiger partial charge >= 0.3 is 11.4 Å². The van der Waals surface area contributed by atoms with Crippen LogP contribution in [0.4, 0.5) is 22.7 Å². The normalized spacial score (nSPS) is 10.2. The average molecular weight is 493 g/mol. The Hall–Kier alpha value is -5.33. The van der Waals surface area contributed by atoms with Crippen molar-refractivity contribution in [3.8, 4) is 22.8 Å². The number of pyridine rings is 1. The lowest BCUT2D eigenvalue weighted by molar-refractivity contribution is -0.404. The number of nitro benzene ring substituents is 3. The van der Waals surface area contributed by atoms with Gasteiger partial charge in [-0.05, 0) is 43.3 Å². The molecular weight excluding hydrogens is 474 g/mol. The average Bonchev–Trinajstić information content (AvgIpc) is 2.84. The molecule has 0 bridgehead atoms. The Morgan fingerprint density at radius 3 is 2.11 bits per heavy atom.